The molecule has 1 aliphatic rings. The first kappa shape index (κ1) is 12.9. The van der Waals surface area contributed by atoms with Crippen LogP contribution in [0.5, 0.6) is 0 Å². The molecular weight excluding hydrogens is 222 g/mol. The van der Waals surface area contributed by atoms with Crippen LogP contribution in [-0.2, 0) is 0 Å². The minimum absolute atomic E-state index is 0.389. The summed E-state index contributed by atoms with van der Waals surface area (Å²) >= 11 is 0. The summed E-state index contributed by atoms with van der Waals surface area (Å²) in [5.41, 5.74) is 2.21. The third-order valence-electron chi connectivity index (χ3n) is 3.93. The minimum Gasteiger partial charge on any atom is -0.384 e. The first-order valence-electron chi connectivity index (χ1n) is 6.54. The number of nitrogens with one attached hydrogen (secondary N) is 1. The monoisotopic (exact) mass is 243 g/mol. The Balaban J connectivity index is 1.89. The van der Waals surface area contributed by atoms with E-state index in [0.717, 1.165) is 12.2 Å². The van der Waals surface area contributed by atoms with E-state index in [0.29, 0.717) is 11.0 Å². The standard InChI is InChI=1S/C15H21N3/c1-15(7-9-18(2)10-8-15)12-17-14-5-3-13(11-16)4-6-14/h3-6,17H,7-10,12H2,1-2H3. The first-order chi connectivity index (χ1) is 8.61. The van der Waals surface area contributed by atoms with E-state index in [2.05, 4.69) is 30.3 Å². The van der Waals surface area contributed by atoms with Crippen LogP contribution in [-0.4, -0.2) is 31.6 Å². The fraction of sp³-hybridized carbons (Fsp3) is 0.533. The van der Waals surface area contributed by atoms with Crippen LogP contribution in [0, 0.1) is 16.7 Å². The van der Waals surface area contributed by atoms with E-state index < -0.39 is 0 Å². The average molecular weight is 243 g/mol. The molecule has 1 aliphatic heterocycles. The molecule has 0 amide bonds. The molecule has 0 spiro atoms. The number of piperidine rings is 1. The Bertz CT molecular complexity index is 422. The highest BCUT2D eigenvalue weighted by Gasteiger charge is 2.28. The van der Waals surface area contributed by atoms with Crippen LogP contribution < -0.4 is 5.32 Å². The van der Waals surface area contributed by atoms with Gasteiger partial charge in [-0.05, 0) is 62.7 Å². The summed E-state index contributed by atoms with van der Waals surface area (Å²) in [6, 6.07) is 9.83. The maximum absolute atomic E-state index is 8.75. The predicted molar refractivity (Wildman–Crippen MR) is 74.5 cm³/mol. The van der Waals surface area contributed by atoms with Crippen LogP contribution in [0.15, 0.2) is 24.3 Å². The lowest BCUT2D eigenvalue weighted by molar-refractivity contribution is 0.150. The van der Waals surface area contributed by atoms with E-state index >= 15 is 0 Å². The van der Waals surface area contributed by atoms with Gasteiger partial charge in [-0.3, -0.25) is 0 Å². The smallest absolute Gasteiger partial charge is 0.0991 e. The Morgan fingerprint density at radius 2 is 1.89 bits per heavy atom. The highest BCUT2D eigenvalue weighted by atomic mass is 15.1. The van der Waals surface area contributed by atoms with E-state index in [9.17, 15) is 0 Å². The van der Waals surface area contributed by atoms with Crippen molar-refractivity contribution in [3.05, 3.63) is 29.8 Å². The highest BCUT2D eigenvalue weighted by molar-refractivity contribution is 5.47. The van der Waals surface area contributed by atoms with Crippen molar-refractivity contribution < 1.29 is 0 Å². The van der Waals surface area contributed by atoms with Gasteiger partial charge < -0.3 is 10.2 Å². The second kappa shape index (κ2) is 5.41. The lowest BCUT2D eigenvalue weighted by atomic mass is 9.80. The number of hydrogen-bond acceptors (Lipinski definition) is 3. The summed E-state index contributed by atoms with van der Waals surface area (Å²) in [7, 11) is 2.19. The molecule has 96 valence electrons. The Morgan fingerprint density at radius 3 is 2.44 bits per heavy atom. The Hall–Kier alpha value is -1.53. The molecule has 0 radical (unpaired) electrons. The van der Waals surface area contributed by atoms with Crippen molar-refractivity contribution >= 4 is 5.69 Å². The zero-order valence-corrected chi connectivity index (χ0v) is 11.2. The van der Waals surface area contributed by atoms with E-state index in [1.165, 1.54) is 25.9 Å². The third-order valence-corrected chi connectivity index (χ3v) is 3.93. The number of benzene rings is 1. The summed E-state index contributed by atoms with van der Waals surface area (Å²) in [4.78, 5) is 2.39. The van der Waals surface area contributed by atoms with Gasteiger partial charge >= 0.3 is 0 Å². The van der Waals surface area contributed by atoms with Crippen LogP contribution in [0.4, 0.5) is 5.69 Å². The summed E-state index contributed by atoms with van der Waals surface area (Å²) in [5, 5.41) is 12.2. The topological polar surface area (TPSA) is 39.1 Å². The summed E-state index contributed by atoms with van der Waals surface area (Å²) in [5.74, 6) is 0. The molecule has 18 heavy (non-hydrogen) atoms. The normalized spacial score (nSPS) is 19.2. The maximum atomic E-state index is 8.75. The number of anilines is 1. The predicted octanol–water partition coefficient (Wildman–Crippen LogP) is 2.70. The van der Waals surface area contributed by atoms with Gasteiger partial charge in [0.05, 0.1) is 11.6 Å². The van der Waals surface area contributed by atoms with Crippen LogP contribution >= 0.6 is 0 Å². The molecular formula is C15H21N3. The number of likely N-dealkylation sites (tertiary alicyclic amines) is 1. The van der Waals surface area contributed by atoms with Crippen molar-refractivity contribution in [3.8, 4) is 6.07 Å². The van der Waals surface area contributed by atoms with E-state index in [1.54, 1.807) is 0 Å². The lowest BCUT2D eigenvalue weighted by Crippen LogP contribution is -2.40. The molecule has 0 unspecified atom stereocenters. The van der Waals surface area contributed by atoms with Crippen molar-refractivity contribution in [1.29, 1.82) is 5.26 Å². The van der Waals surface area contributed by atoms with Gasteiger partial charge in [0.1, 0.15) is 0 Å². The molecule has 1 N–H and O–H groups in total. The molecule has 1 aromatic rings. The molecule has 0 aliphatic carbocycles. The number of nitriles is 1. The zero-order valence-electron chi connectivity index (χ0n) is 11.2. The second-order valence-electron chi connectivity index (χ2n) is 5.66. The van der Waals surface area contributed by atoms with Crippen molar-refractivity contribution in [1.82, 2.24) is 4.90 Å². The largest absolute Gasteiger partial charge is 0.384 e. The third kappa shape index (κ3) is 3.24. The van der Waals surface area contributed by atoms with Gasteiger partial charge in [0.2, 0.25) is 0 Å². The summed E-state index contributed by atoms with van der Waals surface area (Å²) in [6.45, 7) is 5.74. The van der Waals surface area contributed by atoms with Crippen LogP contribution in [0.25, 0.3) is 0 Å². The molecule has 1 aromatic carbocycles. The number of rotatable bonds is 3. The molecule has 3 nitrogen and oxygen atoms in total. The van der Waals surface area contributed by atoms with E-state index in [4.69, 9.17) is 5.26 Å². The van der Waals surface area contributed by atoms with Gasteiger partial charge in [0.25, 0.3) is 0 Å². The molecule has 3 heteroatoms. The van der Waals surface area contributed by atoms with Crippen molar-refractivity contribution in [2.45, 2.75) is 19.8 Å². The molecule has 1 heterocycles. The molecule has 1 saturated heterocycles. The van der Waals surface area contributed by atoms with Crippen LogP contribution in [0.2, 0.25) is 0 Å². The van der Waals surface area contributed by atoms with Gasteiger partial charge in [0.15, 0.2) is 0 Å². The molecule has 2 rings (SSSR count). The lowest BCUT2D eigenvalue weighted by Gasteiger charge is -2.38. The quantitative estimate of drug-likeness (QED) is 0.887. The molecule has 0 saturated carbocycles. The van der Waals surface area contributed by atoms with Gasteiger partial charge in [-0.2, -0.15) is 5.26 Å². The molecule has 0 bridgehead atoms. The Kier molecular flexibility index (Phi) is 3.88. The molecule has 0 aromatic heterocycles. The maximum Gasteiger partial charge on any atom is 0.0991 e. The fourth-order valence-electron chi connectivity index (χ4n) is 2.31. The Labute approximate surface area is 109 Å². The van der Waals surface area contributed by atoms with Gasteiger partial charge in [-0.25, -0.2) is 0 Å². The van der Waals surface area contributed by atoms with Gasteiger partial charge in [-0.1, -0.05) is 6.92 Å². The SMILES string of the molecule is CN1CCC(C)(CNc2ccc(C#N)cc2)CC1. The van der Waals surface area contributed by atoms with Crippen LogP contribution in [0.1, 0.15) is 25.3 Å². The summed E-state index contributed by atoms with van der Waals surface area (Å²) in [6.07, 6.45) is 2.49. The van der Waals surface area contributed by atoms with Crippen molar-refractivity contribution in [2.75, 3.05) is 32.0 Å². The summed E-state index contributed by atoms with van der Waals surface area (Å²) < 4.78 is 0. The van der Waals surface area contributed by atoms with Gasteiger partial charge in [0, 0.05) is 12.2 Å². The fourth-order valence-corrected chi connectivity index (χ4v) is 2.31. The first-order valence-corrected chi connectivity index (χ1v) is 6.54. The van der Waals surface area contributed by atoms with Crippen molar-refractivity contribution in [3.63, 3.8) is 0 Å². The highest BCUT2D eigenvalue weighted by Crippen LogP contribution is 2.30. The average Bonchev–Trinajstić information content (AvgIpc) is 2.41. The molecule has 0 atom stereocenters. The van der Waals surface area contributed by atoms with E-state index in [1.807, 2.05) is 24.3 Å². The van der Waals surface area contributed by atoms with Crippen LogP contribution in [0.3, 0.4) is 0 Å². The van der Waals surface area contributed by atoms with E-state index in [-0.39, 0.29) is 0 Å². The number of hydrogen-bond donors (Lipinski definition) is 1. The molecule has 1 fully saturated rings. The zero-order chi connectivity index (χ0) is 13.0. The van der Waals surface area contributed by atoms with Gasteiger partial charge in [-0.15, -0.1) is 0 Å². The second-order valence-corrected chi connectivity index (χ2v) is 5.66. The number of nitrogens with zero attached hydrogens (tertiary/aromatic N) is 2. The van der Waals surface area contributed by atoms with Crippen molar-refractivity contribution in [2.24, 2.45) is 5.41 Å². The minimum atomic E-state index is 0.389. The Morgan fingerprint density at radius 1 is 1.28 bits per heavy atom.